The number of hydrogen-bond donors (Lipinski definition) is 0. The lowest BCUT2D eigenvalue weighted by Crippen LogP contribution is -2.36. The molecule has 0 unspecified atom stereocenters. The van der Waals surface area contributed by atoms with Gasteiger partial charge in [0.15, 0.2) is 0 Å². The maximum absolute atomic E-state index is 13.0. The molecule has 0 bridgehead atoms. The molecule has 0 amide bonds. The number of halogens is 1. The van der Waals surface area contributed by atoms with Gasteiger partial charge in [-0.3, -0.25) is 9.10 Å². The van der Waals surface area contributed by atoms with Gasteiger partial charge in [-0.2, -0.15) is 0 Å². The minimum atomic E-state index is -3.88. The Morgan fingerprint density at radius 1 is 1.17 bits per heavy atom. The number of carbonyl (C=O) groups is 1. The van der Waals surface area contributed by atoms with Crippen molar-refractivity contribution < 1.29 is 17.9 Å². The number of aryl methyl sites for hydroxylation is 1. The van der Waals surface area contributed by atoms with E-state index in [1.165, 1.54) is 12.1 Å². The van der Waals surface area contributed by atoms with Crippen LogP contribution >= 0.6 is 15.9 Å². The SMILES string of the molecule is CCOC(=O)CN(c1ccc(Br)c(C)c1)S(=O)(=O)c1ccccc1. The second kappa shape index (κ2) is 7.81. The highest BCUT2D eigenvalue weighted by Gasteiger charge is 2.27. The van der Waals surface area contributed by atoms with Gasteiger partial charge in [0.05, 0.1) is 17.2 Å². The minimum absolute atomic E-state index is 0.120. The van der Waals surface area contributed by atoms with Gasteiger partial charge in [-0.25, -0.2) is 8.42 Å². The molecule has 2 aromatic rings. The van der Waals surface area contributed by atoms with Crippen molar-refractivity contribution in [2.75, 3.05) is 17.5 Å². The molecule has 0 aliphatic rings. The summed E-state index contributed by atoms with van der Waals surface area (Å²) in [5, 5.41) is 0. The second-order valence-electron chi connectivity index (χ2n) is 5.06. The third-order valence-corrected chi connectivity index (χ3v) is 6.02. The molecule has 0 spiro atoms. The average molecular weight is 412 g/mol. The third kappa shape index (κ3) is 4.15. The first-order chi connectivity index (χ1) is 11.4. The molecule has 0 saturated carbocycles. The molecule has 2 aromatic carbocycles. The Balaban J connectivity index is 2.50. The van der Waals surface area contributed by atoms with Crippen molar-refractivity contribution in [1.29, 1.82) is 0 Å². The lowest BCUT2D eigenvalue weighted by molar-refractivity contribution is -0.141. The van der Waals surface area contributed by atoms with E-state index in [0.717, 1.165) is 14.3 Å². The molecule has 24 heavy (non-hydrogen) atoms. The van der Waals surface area contributed by atoms with E-state index in [0.29, 0.717) is 5.69 Å². The van der Waals surface area contributed by atoms with Crippen LogP contribution in [0.25, 0.3) is 0 Å². The summed E-state index contributed by atoms with van der Waals surface area (Å²) in [5.74, 6) is -0.599. The Kier molecular flexibility index (Phi) is 6.01. The number of nitrogens with zero attached hydrogens (tertiary/aromatic N) is 1. The molecule has 0 atom stereocenters. The summed E-state index contributed by atoms with van der Waals surface area (Å²) < 4.78 is 32.8. The minimum Gasteiger partial charge on any atom is -0.465 e. The van der Waals surface area contributed by atoms with Gasteiger partial charge < -0.3 is 4.74 Å². The predicted octanol–water partition coefficient (Wildman–Crippen LogP) is 3.52. The van der Waals surface area contributed by atoms with E-state index in [1.54, 1.807) is 43.3 Å². The standard InChI is InChI=1S/C17H18BrNO4S/c1-3-23-17(20)12-19(14-9-10-16(18)13(2)11-14)24(21,22)15-7-5-4-6-8-15/h4-11H,3,12H2,1-2H3. The summed E-state index contributed by atoms with van der Waals surface area (Å²) in [6.45, 7) is 3.34. The van der Waals surface area contributed by atoms with E-state index in [4.69, 9.17) is 4.74 Å². The van der Waals surface area contributed by atoms with Crippen molar-refractivity contribution in [3.8, 4) is 0 Å². The first-order valence-electron chi connectivity index (χ1n) is 7.36. The average Bonchev–Trinajstić information content (AvgIpc) is 2.56. The Hall–Kier alpha value is -1.86. The number of ether oxygens (including phenoxy) is 1. The molecule has 5 nitrogen and oxygen atoms in total. The Labute approximate surface area is 150 Å². The van der Waals surface area contributed by atoms with E-state index >= 15 is 0 Å². The second-order valence-corrected chi connectivity index (χ2v) is 7.78. The van der Waals surface area contributed by atoms with Crippen molar-refractivity contribution in [3.63, 3.8) is 0 Å². The van der Waals surface area contributed by atoms with Crippen LogP contribution in [0.15, 0.2) is 57.9 Å². The van der Waals surface area contributed by atoms with Gasteiger partial charge in [-0.05, 0) is 49.7 Å². The fourth-order valence-electron chi connectivity index (χ4n) is 2.14. The van der Waals surface area contributed by atoms with Gasteiger partial charge in [-0.15, -0.1) is 0 Å². The number of hydrogen-bond acceptors (Lipinski definition) is 4. The lowest BCUT2D eigenvalue weighted by atomic mass is 10.2. The zero-order chi connectivity index (χ0) is 17.7. The maximum Gasteiger partial charge on any atom is 0.326 e. The zero-order valence-corrected chi connectivity index (χ0v) is 15.8. The van der Waals surface area contributed by atoms with Crippen LogP contribution in [0.3, 0.4) is 0 Å². The first-order valence-corrected chi connectivity index (χ1v) is 9.59. The number of benzene rings is 2. The predicted molar refractivity (Wildman–Crippen MR) is 96.5 cm³/mol. The molecule has 0 radical (unpaired) electrons. The van der Waals surface area contributed by atoms with Gasteiger partial charge in [-0.1, -0.05) is 34.1 Å². The van der Waals surface area contributed by atoms with Crippen molar-refractivity contribution >= 4 is 37.6 Å². The van der Waals surface area contributed by atoms with E-state index < -0.39 is 16.0 Å². The van der Waals surface area contributed by atoms with Gasteiger partial charge in [0.25, 0.3) is 10.0 Å². The van der Waals surface area contributed by atoms with Crippen LogP contribution in [0.4, 0.5) is 5.69 Å². The van der Waals surface area contributed by atoms with Crippen LogP contribution in [0.1, 0.15) is 12.5 Å². The van der Waals surface area contributed by atoms with Crippen LogP contribution in [-0.2, 0) is 19.6 Å². The summed E-state index contributed by atoms with van der Waals surface area (Å²) in [4.78, 5) is 12.0. The normalized spacial score (nSPS) is 11.1. The smallest absolute Gasteiger partial charge is 0.326 e. The van der Waals surface area contributed by atoms with Crippen molar-refractivity contribution in [2.45, 2.75) is 18.7 Å². The van der Waals surface area contributed by atoms with Crippen molar-refractivity contribution in [1.82, 2.24) is 0 Å². The number of sulfonamides is 1. The largest absolute Gasteiger partial charge is 0.465 e. The topological polar surface area (TPSA) is 63.7 Å². The quantitative estimate of drug-likeness (QED) is 0.682. The van der Waals surface area contributed by atoms with Gasteiger partial charge in [0, 0.05) is 4.47 Å². The van der Waals surface area contributed by atoms with Crippen LogP contribution in [0.2, 0.25) is 0 Å². The molecule has 0 N–H and O–H groups in total. The number of anilines is 1. The fraction of sp³-hybridized carbons (Fsp3) is 0.235. The molecule has 0 fully saturated rings. The highest BCUT2D eigenvalue weighted by molar-refractivity contribution is 9.10. The Morgan fingerprint density at radius 3 is 2.42 bits per heavy atom. The molecular weight excluding hydrogens is 394 g/mol. The number of esters is 1. The first kappa shape index (κ1) is 18.5. The van der Waals surface area contributed by atoms with E-state index in [2.05, 4.69) is 15.9 Å². The Bertz CT molecular complexity index is 822. The summed E-state index contributed by atoms with van der Waals surface area (Å²) >= 11 is 3.39. The van der Waals surface area contributed by atoms with Crippen LogP contribution in [0.5, 0.6) is 0 Å². The summed E-state index contributed by atoms with van der Waals surface area (Å²) in [7, 11) is -3.88. The summed E-state index contributed by atoms with van der Waals surface area (Å²) in [5.41, 5.74) is 1.28. The maximum atomic E-state index is 13.0. The highest BCUT2D eigenvalue weighted by atomic mass is 79.9. The lowest BCUT2D eigenvalue weighted by Gasteiger charge is -2.24. The molecule has 0 heterocycles. The molecule has 0 aliphatic carbocycles. The zero-order valence-electron chi connectivity index (χ0n) is 13.4. The summed E-state index contributed by atoms with van der Waals surface area (Å²) in [6.07, 6.45) is 0. The molecule has 0 aromatic heterocycles. The number of rotatable bonds is 6. The van der Waals surface area contributed by atoms with E-state index in [-0.39, 0.29) is 18.0 Å². The molecule has 128 valence electrons. The van der Waals surface area contributed by atoms with E-state index in [1.807, 2.05) is 6.92 Å². The van der Waals surface area contributed by atoms with Crippen LogP contribution in [-0.4, -0.2) is 27.5 Å². The third-order valence-electron chi connectivity index (χ3n) is 3.34. The fourth-order valence-corrected chi connectivity index (χ4v) is 3.81. The van der Waals surface area contributed by atoms with Gasteiger partial charge in [0.1, 0.15) is 6.54 Å². The molecule has 0 aliphatic heterocycles. The number of carbonyl (C=O) groups excluding carboxylic acids is 1. The van der Waals surface area contributed by atoms with Gasteiger partial charge in [0.2, 0.25) is 0 Å². The highest BCUT2D eigenvalue weighted by Crippen LogP contribution is 2.27. The van der Waals surface area contributed by atoms with Crippen molar-refractivity contribution in [2.24, 2.45) is 0 Å². The van der Waals surface area contributed by atoms with Crippen LogP contribution < -0.4 is 4.31 Å². The summed E-state index contributed by atoms with van der Waals surface area (Å²) in [6, 6.07) is 13.1. The monoisotopic (exact) mass is 411 g/mol. The van der Waals surface area contributed by atoms with Crippen molar-refractivity contribution in [3.05, 3.63) is 58.6 Å². The molecule has 7 heteroatoms. The van der Waals surface area contributed by atoms with E-state index in [9.17, 15) is 13.2 Å². The van der Waals surface area contributed by atoms with Gasteiger partial charge >= 0.3 is 5.97 Å². The molecule has 2 rings (SSSR count). The Morgan fingerprint density at radius 2 is 1.83 bits per heavy atom. The van der Waals surface area contributed by atoms with Crippen LogP contribution in [0, 0.1) is 6.92 Å². The molecular formula is C17H18BrNO4S. The molecule has 0 saturated heterocycles.